The monoisotopic (exact) mass is 341 g/mol. The molecular formula is C19H23N3O3. The zero-order chi connectivity index (χ0) is 17.4. The standard InChI is InChI=1S/C19H23N3O3/c1-12-4-2-3-5-17(12)25-11-16(23)19(24)22-9-8-15-14(10-22)18(21-20-15)13-6-7-13/h2-5,13,16,23H,6-11H2,1H3,(H,20,21)/t16-/m0/s1. The highest BCUT2D eigenvalue weighted by Crippen LogP contribution is 2.42. The molecule has 1 fully saturated rings. The van der Waals surface area contributed by atoms with Crippen LogP contribution in [0.1, 0.15) is 41.3 Å². The van der Waals surface area contributed by atoms with Crippen molar-refractivity contribution in [3.05, 3.63) is 46.8 Å². The van der Waals surface area contributed by atoms with Gasteiger partial charge in [0, 0.05) is 36.7 Å². The number of aryl methyl sites for hydroxylation is 1. The Balaban J connectivity index is 1.39. The Morgan fingerprint density at radius 1 is 1.44 bits per heavy atom. The van der Waals surface area contributed by atoms with E-state index in [-0.39, 0.29) is 12.5 Å². The van der Waals surface area contributed by atoms with Crippen LogP contribution in [0.25, 0.3) is 0 Å². The van der Waals surface area contributed by atoms with E-state index in [2.05, 4.69) is 10.2 Å². The van der Waals surface area contributed by atoms with Crippen LogP contribution in [-0.2, 0) is 17.8 Å². The van der Waals surface area contributed by atoms with Gasteiger partial charge in [-0.15, -0.1) is 0 Å². The number of aromatic nitrogens is 2. The van der Waals surface area contributed by atoms with Gasteiger partial charge in [-0.2, -0.15) is 5.10 Å². The fourth-order valence-electron chi connectivity index (χ4n) is 3.37. The number of carbonyl (C=O) groups excluding carboxylic acids is 1. The van der Waals surface area contributed by atoms with Crippen LogP contribution in [0, 0.1) is 6.92 Å². The lowest BCUT2D eigenvalue weighted by Crippen LogP contribution is -2.44. The Morgan fingerprint density at radius 2 is 2.24 bits per heavy atom. The second-order valence-electron chi connectivity index (χ2n) is 6.94. The molecule has 1 aliphatic heterocycles. The molecule has 1 aromatic heterocycles. The molecule has 0 spiro atoms. The number of ether oxygens (including phenoxy) is 1. The van der Waals surface area contributed by atoms with E-state index in [4.69, 9.17) is 4.74 Å². The SMILES string of the molecule is Cc1ccccc1OC[C@H](O)C(=O)N1CCc2[nH]nc(C3CC3)c2C1. The molecule has 2 heterocycles. The van der Waals surface area contributed by atoms with Gasteiger partial charge < -0.3 is 14.7 Å². The minimum atomic E-state index is -1.16. The van der Waals surface area contributed by atoms with Crippen molar-refractivity contribution in [2.24, 2.45) is 0 Å². The number of nitrogens with one attached hydrogen (secondary N) is 1. The second kappa shape index (κ2) is 6.52. The summed E-state index contributed by atoms with van der Waals surface area (Å²) in [5.74, 6) is 0.965. The summed E-state index contributed by atoms with van der Waals surface area (Å²) in [7, 11) is 0. The van der Waals surface area contributed by atoms with E-state index in [1.165, 1.54) is 12.8 Å². The van der Waals surface area contributed by atoms with Gasteiger partial charge in [0.25, 0.3) is 5.91 Å². The number of rotatable bonds is 5. The molecule has 6 heteroatoms. The lowest BCUT2D eigenvalue weighted by atomic mass is 10.0. The maximum Gasteiger partial charge on any atom is 0.255 e. The van der Waals surface area contributed by atoms with Crippen molar-refractivity contribution in [2.75, 3.05) is 13.2 Å². The van der Waals surface area contributed by atoms with Crippen molar-refractivity contribution >= 4 is 5.91 Å². The number of fused-ring (bicyclic) bond motifs is 1. The van der Waals surface area contributed by atoms with E-state index in [1.54, 1.807) is 4.90 Å². The highest BCUT2D eigenvalue weighted by atomic mass is 16.5. The lowest BCUT2D eigenvalue weighted by Gasteiger charge is -2.29. The summed E-state index contributed by atoms with van der Waals surface area (Å²) in [5.41, 5.74) is 4.38. The molecule has 0 radical (unpaired) electrons. The molecule has 2 aliphatic rings. The van der Waals surface area contributed by atoms with Gasteiger partial charge in [0.1, 0.15) is 12.4 Å². The predicted molar refractivity (Wildman–Crippen MR) is 92.4 cm³/mol. The largest absolute Gasteiger partial charge is 0.490 e. The van der Waals surface area contributed by atoms with Crippen LogP contribution in [0.4, 0.5) is 0 Å². The molecule has 4 rings (SSSR count). The summed E-state index contributed by atoms with van der Waals surface area (Å²) < 4.78 is 5.62. The van der Waals surface area contributed by atoms with E-state index in [0.29, 0.717) is 24.8 Å². The third-order valence-electron chi connectivity index (χ3n) is 5.02. The molecule has 1 amide bonds. The van der Waals surface area contributed by atoms with Gasteiger partial charge in [0.05, 0.1) is 5.69 Å². The smallest absolute Gasteiger partial charge is 0.255 e. The topological polar surface area (TPSA) is 78.5 Å². The number of H-pyrrole nitrogens is 1. The maximum atomic E-state index is 12.6. The molecule has 0 unspecified atom stereocenters. The number of aliphatic hydroxyl groups excluding tert-OH is 1. The average molecular weight is 341 g/mol. The molecule has 1 saturated carbocycles. The predicted octanol–water partition coefficient (Wildman–Crippen LogP) is 1.92. The van der Waals surface area contributed by atoms with Gasteiger partial charge in [-0.1, -0.05) is 18.2 Å². The summed E-state index contributed by atoms with van der Waals surface area (Å²) in [5, 5.41) is 17.8. The van der Waals surface area contributed by atoms with Crippen molar-refractivity contribution in [3.8, 4) is 5.75 Å². The van der Waals surface area contributed by atoms with Gasteiger partial charge >= 0.3 is 0 Å². The molecule has 1 atom stereocenters. The third-order valence-corrected chi connectivity index (χ3v) is 5.02. The van der Waals surface area contributed by atoms with Crippen LogP contribution in [0.3, 0.4) is 0 Å². The zero-order valence-corrected chi connectivity index (χ0v) is 14.4. The van der Waals surface area contributed by atoms with Crippen molar-refractivity contribution < 1.29 is 14.6 Å². The summed E-state index contributed by atoms with van der Waals surface area (Å²) >= 11 is 0. The van der Waals surface area contributed by atoms with E-state index in [0.717, 1.165) is 28.9 Å². The Hall–Kier alpha value is -2.34. The maximum absolute atomic E-state index is 12.6. The molecule has 1 aromatic carbocycles. The molecular weight excluding hydrogens is 318 g/mol. The van der Waals surface area contributed by atoms with E-state index in [1.807, 2.05) is 31.2 Å². The normalized spacial score (nSPS) is 17.9. The summed E-state index contributed by atoms with van der Waals surface area (Å²) in [6.07, 6.45) is 1.96. The first-order valence-electron chi connectivity index (χ1n) is 8.84. The highest BCUT2D eigenvalue weighted by molar-refractivity contribution is 5.81. The Kier molecular flexibility index (Phi) is 4.21. The van der Waals surface area contributed by atoms with Crippen molar-refractivity contribution in [3.63, 3.8) is 0 Å². The third kappa shape index (κ3) is 3.26. The Labute approximate surface area is 146 Å². The average Bonchev–Trinajstić information content (AvgIpc) is 3.39. The number of carbonyl (C=O) groups is 1. The fraction of sp³-hybridized carbons (Fsp3) is 0.474. The number of nitrogens with zero attached hydrogens (tertiary/aromatic N) is 2. The Morgan fingerprint density at radius 3 is 3.00 bits per heavy atom. The number of aliphatic hydroxyl groups is 1. The van der Waals surface area contributed by atoms with Crippen molar-refractivity contribution in [2.45, 2.75) is 44.8 Å². The highest BCUT2D eigenvalue weighted by Gasteiger charge is 2.34. The number of benzene rings is 1. The van der Waals surface area contributed by atoms with Crippen LogP contribution in [0.2, 0.25) is 0 Å². The number of aromatic amines is 1. The number of hydrogen-bond donors (Lipinski definition) is 2. The van der Waals surface area contributed by atoms with E-state index < -0.39 is 6.10 Å². The van der Waals surface area contributed by atoms with E-state index >= 15 is 0 Å². The molecule has 0 bridgehead atoms. The molecule has 132 valence electrons. The quantitative estimate of drug-likeness (QED) is 0.871. The first-order chi connectivity index (χ1) is 12.1. The Bertz CT molecular complexity index is 782. The van der Waals surface area contributed by atoms with Crippen molar-refractivity contribution in [1.82, 2.24) is 15.1 Å². The first-order valence-corrected chi connectivity index (χ1v) is 8.84. The van der Waals surface area contributed by atoms with Crippen LogP contribution in [-0.4, -0.2) is 45.4 Å². The van der Waals surface area contributed by atoms with Gasteiger partial charge in [-0.25, -0.2) is 0 Å². The van der Waals surface area contributed by atoms with Crippen LogP contribution in [0.15, 0.2) is 24.3 Å². The molecule has 0 saturated heterocycles. The van der Waals surface area contributed by atoms with Crippen LogP contribution in [0.5, 0.6) is 5.75 Å². The van der Waals surface area contributed by atoms with Gasteiger partial charge in [-0.05, 0) is 31.4 Å². The second-order valence-corrected chi connectivity index (χ2v) is 6.94. The van der Waals surface area contributed by atoms with Gasteiger partial charge in [-0.3, -0.25) is 9.89 Å². The summed E-state index contributed by atoms with van der Waals surface area (Å²) in [6, 6.07) is 7.58. The van der Waals surface area contributed by atoms with Gasteiger partial charge in [0.15, 0.2) is 6.10 Å². The zero-order valence-electron chi connectivity index (χ0n) is 14.4. The minimum absolute atomic E-state index is 0.0338. The summed E-state index contributed by atoms with van der Waals surface area (Å²) in [4.78, 5) is 14.3. The van der Waals surface area contributed by atoms with Crippen LogP contribution >= 0.6 is 0 Å². The van der Waals surface area contributed by atoms with Crippen molar-refractivity contribution in [1.29, 1.82) is 0 Å². The number of para-hydroxylation sites is 1. The minimum Gasteiger partial charge on any atom is -0.490 e. The van der Waals surface area contributed by atoms with Gasteiger partial charge in [0.2, 0.25) is 0 Å². The fourth-order valence-corrected chi connectivity index (χ4v) is 3.37. The van der Waals surface area contributed by atoms with E-state index in [9.17, 15) is 9.90 Å². The molecule has 2 aromatic rings. The molecule has 25 heavy (non-hydrogen) atoms. The molecule has 6 nitrogen and oxygen atoms in total. The molecule has 1 aliphatic carbocycles. The lowest BCUT2D eigenvalue weighted by molar-refractivity contribution is -0.142. The number of amides is 1. The summed E-state index contributed by atoms with van der Waals surface area (Å²) in [6.45, 7) is 3.03. The number of hydrogen-bond acceptors (Lipinski definition) is 4. The van der Waals surface area contributed by atoms with Crippen LogP contribution < -0.4 is 4.74 Å². The first kappa shape index (κ1) is 16.1. The molecule has 2 N–H and O–H groups in total.